The molecule has 6 nitrogen and oxygen atoms in total. The Labute approximate surface area is 129 Å². The van der Waals surface area contributed by atoms with Crippen molar-refractivity contribution in [2.45, 2.75) is 6.54 Å². The van der Waals surface area contributed by atoms with Crippen molar-refractivity contribution in [3.8, 4) is 11.5 Å². The van der Waals surface area contributed by atoms with Crippen molar-refractivity contribution < 1.29 is 9.47 Å². The van der Waals surface area contributed by atoms with Crippen molar-refractivity contribution >= 4 is 5.82 Å². The number of anilines is 1. The van der Waals surface area contributed by atoms with E-state index in [1.807, 2.05) is 12.1 Å². The number of aromatic nitrogens is 2. The average Bonchev–Trinajstić information content (AvgIpc) is 3.04. The minimum atomic E-state index is 0.330. The van der Waals surface area contributed by atoms with Crippen molar-refractivity contribution in [1.82, 2.24) is 14.9 Å². The molecule has 6 heteroatoms. The lowest BCUT2D eigenvalue weighted by molar-refractivity contribution is 0.174. The van der Waals surface area contributed by atoms with E-state index in [1.165, 1.54) is 5.56 Å². The minimum absolute atomic E-state index is 0.330. The Bertz CT molecular complexity index is 642. The van der Waals surface area contributed by atoms with Crippen molar-refractivity contribution in [2.75, 3.05) is 37.9 Å². The quantitative estimate of drug-likeness (QED) is 0.856. The molecule has 1 fully saturated rings. The van der Waals surface area contributed by atoms with Gasteiger partial charge in [-0.1, -0.05) is 6.07 Å². The molecule has 0 unspecified atom stereocenters. The monoisotopic (exact) mass is 298 g/mol. The van der Waals surface area contributed by atoms with Gasteiger partial charge < -0.3 is 14.4 Å². The van der Waals surface area contributed by atoms with Crippen molar-refractivity contribution in [3.05, 3.63) is 42.4 Å². The molecule has 3 heterocycles. The molecule has 0 N–H and O–H groups in total. The Morgan fingerprint density at radius 2 is 1.86 bits per heavy atom. The smallest absolute Gasteiger partial charge is 0.231 e. The van der Waals surface area contributed by atoms with E-state index >= 15 is 0 Å². The molecule has 1 aromatic heterocycles. The van der Waals surface area contributed by atoms with E-state index in [4.69, 9.17) is 9.47 Å². The molecule has 2 aromatic rings. The van der Waals surface area contributed by atoms with Gasteiger partial charge in [0.2, 0.25) is 6.79 Å². The number of fused-ring (bicyclic) bond motifs is 1. The third-order valence-corrected chi connectivity index (χ3v) is 4.11. The van der Waals surface area contributed by atoms with Gasteiger partial charge in [-0.15, -0.1) is 0 Å². The van der Waals surface area contributed by atoms with E-state index in [0.717, 1.165) is 50.0 Å². The highest BCUT2D eigenvalue weighted by molar-refractivity contribution is 5.44. The van der Waals surface area contributed by atoms with Crippen LogP contribution in [0, 0.1) is 0 Å². The van der Waals surface area contributed by atoms with Crippen LogP contribution in [0.3, 0.4) is 0 Å². The van der Waals surface area contributed by atoms with Crippen molar-refractivity contribution in [3.63, 3.8) is 0 Å². The predicted octanol–water partition coefficient (Wildman–Crippen LogP) is 1.53. The van der Waals surface area contributed by atoms with Crippen LogP contribution in [0.5, 0.6) is 11.5 Å². The van der Waals surface area contributed by atoms with Crippen LogP contribution in [0.4, 0.5) is 5.82 Å². The van der Waals surface area contributed by atoms with Crippen LogP contribution in [-0.2, 0) is 6.54 Å². The molecule has 0 atom stereocenters. The van der Waals surface area contributed by atoms with Gasteiger partial charge in [-0.2, -0.15) is 0 Å². The van der Waals surface area contributed by atoms with Crippen LogP contribution >= 0.6 is 0 Å². The summed E-state index contributed by atoms with van der Waals surface area (Å²) in [6.07, 6.45) is 3.40. The molecule has 0 radical (unpaired) electrons. The molecular weight excluding hydrogens is 280 g/mol. The maximum atomic E-state index is 5.44. The molecule has 2 aliphatic heterocycles. The molecule has 1 saturated heterocycles. The normalized spacial score (nSPS) is 17.7. The second-order valence-electron chi connectivity index (χ2n) is 5.52. The highest BCUT2D eigenvalue weighted by Gasteiger charge is 2.19. The van der Waals surface area contributed by atoms with Crippen LogP contribution in [0.2, 0.25) is 0 Å². The molecule has 2 aliphatic rings. The zero-order chi connectivity index (χ0) is 14.8. The van der Waals surface area contributed by atoms with E-state index in [-0.39, 0.29) is 0 Å². The maximum absolute atomic E-state index is 5.44. The van der Waals surface area contributed by atoms with Gasteiger partial charge in [-0.3, -0.25) is 4.90 Å². The second kappa shape index (κ2) is 5.81. The van der Waals surface area contributed by atoms with Gasteiger partial charge in [0.1, 0.15) is 12.1 Å². The van der Waals surface area contributed by atoms with E-state index < -0.39 is 0 Å². The Morgan fingerprint density at radius 3 is 2.68 bits per heavy atom. The third-order valence-electron chi connectivity index (χ3n) is 4.11. The first-order valence-electron chi connectivity index (χ1n) is 7.50. The van der Waals surface area contributed by atoms with Crippen LogP contribution in [0.1, 0.15) is 5.56 Å². The van der Waals surface area contributed by atoms with E-state index in [9.17, 15) is 0 Å². The lowest BCUT2D eigenvalue weighted by Gasteiger charge is -2.35. The van der Waals surface area contributed by atoms with E-state index in [2.05, 4.69) is 31.9 Å². The van der Waals surface area contributed by atoms with E-state index in [0.29, 0.717) is 6.79 Å². The number of ether oxygens (including phenoxy) is 2. The summed E-state index contributed by atoms with van der Waals surface area (Å²) in [4.78, 5) is 13.0. The second-order valence-corrected chi connectivity index (χ2v) is 5.52. The van der Waals surface area contributed by atoms with Gasteiger partial charge in [-0.05, 0) is 23.8 Å². The average molecular weight is 298 g/mol. The van der Waals surface area contributed by atoms with Crippen molar-refractivity contribution in [2.24, 2.45) is 0 Å². The van der Waals surface area contributed by atoms with Crippen molar-refractivity contribution in [1.29, 1.82) is 0 Å². The molecule has 0 bridgehead atoms. The summed E-state index contributed by atoms with van der Waals surface area (Å²) >= 11 is 0. The summed E-state index contributed by atoms with van der Waals surface area (Å²) < 4.78 is 10.8. The minimum Gasteiger partial charge on any atom is -0.454 e. The molecule has 1 aromatic carbocycles. The lowest BCUT2D eigenvalue weighted by atomic mass is 10.1. The Hall–Kier alpha value is -2.34. The molecular formula is C16H18N4O2. The number of piperazine rings is 1. The molecule has 4 rings (SSSR count). The first-order chi connectivity index (χ1) is 10.9. The Balaban J connectivity index is 1.36. The molecule has 0 saturated carbocycles. The summed E-state index contributed by atoms with van der Waals surface area (Å²) in [5.74, 6) is 2.71. The van der Waals surface area contributed by atoms with Gasteiger partial charge in [-0.25, -0.2) is 9.97 Å². The number of benzene rings is 1. The van der Waals surface area contributed by atoms with Crippen LogP contribution < -0.4 is 14.4 Å². The molecule has 114 valence electrons. The molecule has 0 amide bonds. The standard InChI is InChI=1S/C16H18N4O2/c1-2-14-15(22-12-21-14)9-13(1)10-19-5-7-20(8-6-19)16-3-4-17-11-18-16/h1-4,9,11H,5-8,10,12H2. The van der Waals surface area contributed by atoms with Gasteiger partial charge in [0, 0.05) is 38.9 Å². The topological polar surface area (TPSA) is 50.7 Å². The van der Waals surface area contributed by atoms with E-state index in [1.54, 1.807) is 12.5 Å². The summed E-state index contributed by atoms with van der Waals surface area (Å²) in [6, 6.07) is 8.16. The fourth-order valence-corrected chi connectivity index (χ4v) is 2.90. The molecule has 0 spiro atoms. The Kier molecular flexibility index (Phi) is 3.52. The summed E-state index contributed by atoms with van der Waals surface area (Å²) in [5.41, 5.74) is 1.26. The highest BCUT2D eigenvalue weighted by atomic mass is 16.7. The van der Waals surface area contributed by atoms with Gasteiger partial charge in [0.05, 0.1) is 0 Å². The number of nitrogens with zero attached hydrogens (tertiary/aromatic N) is 4. The lowest BCUT2D eigenvalue weighted by Crippen LogP contribution is -2.46. The third kappa shape index (κ3) is 2.69. The summed E-state index contributed by atoms with van der Waals surface area (Å²) in [5, 5.41) is 0. The zero-order valence-electron chi connectivity index (χ0n) is 12.3. The molecule has 22 heavy (non-hydrogen) atoms. The first kappa shape index (κ1) is 13.3. The summed E-state index contributed by atoms with van der Waals surface area (Å²) in [7, 11) is 0. The predicted molar refractivity (Wildman–Crippen MR) is 82.1 cm³/mol. The van der Waals surface area contributed by atoms with Gasteiger partial charge in [0.15, 0.2) is 11.5 Å². The molecule has 0 aliphatic carbocycles. The largest absolute Gasteiger partial charge is 0.454 e. The van der Waals surface area contributed by atoms with Gasteiger partial charge in [0.25, 0.3) is 0 Å². The van der Waals surface area contributed by atoms with Crippen LogP contribution in [0.25, 0.3) is 0 Å². The number of hydrogen-bond donors (Lipinski definition) is 0. The van der Waals surface area contributed by atoms with Crippen LogP contribution in [0.15, 0.2) is 36.8 Å². The van der Waals surface area contributed by atoms with Crippen LogP contribution in [-0.4, -0.2) is 47.8 Å². The summed E-state index contributed by atoms with van der Waals surface area (Å²) in [6.45, 7) is 5.30. The fourth-order valence-electron chi connectivity index (χ4n) is 2.90. The highest BCUT2D eigenvalue weighted by Crippen LogP contribution is 2.32. The first-order valence-corrected chi connectivity index (χ1v) is 7.50. The number of hydrogen-bond acceptors (Lipinski definition) is 6. The maximum Gasteiger partial charge on any atom is 0.231 e. The SMILES string of the molecule is c1cc(N2CCN(Cc3ccc4c(c3)OCO4)CC2)ncn1. The Morgan fingerprint density at radius 1 is 1.00 bits per heavy atom. The fraction of sp³-hybridized carbons (Fsp3) is 0.375. The zero-order valence-corrected chi connectivity index (χ0v) is 12.3. The number of rotatable bonds is 3. The van der Waals surface area contributed by atoms with Gasteiger partial charge >= 0.3 is 0 Å².